The number of hydrogen-bond donors (Lipinski definition) is 1. The molecular weight excluding hydrogens is 428 g/mol. The smallest absolute Gasteiger partial charge is 0.413 e. The van der Waals surface area contributed by atoms with Gasteiger partial charge in [-0.2, -0.15) is 0 Å². The number of carbonyl (C=O) groups is 2. The third-order valence-electron chi connectivity index (χ3n) is 5.58. The number of hydrogen-bond acceptors (Lipinski definition) is 4. The first-order chi connectivity index (χ1) is 14.9. The highest BCUT2D eigenvalue weighted by molar-refractivity contribution is 6.30. The summed E-state index contributed by atoms with van der Waals surface area (Å²) >= 11 is 5.89. The highest BCUT2D eigenvalue weighted by Gasteiger charge is 2.55. The van der Waals surface area contributed by atoms with Crippen molar-refractivity contribution in [2.45, 2.75) is 64.8 Å². The molecule has 0 spiro atoms. The van der Waals surface area contributed by atoms with Gasteiger partial charge in [-0.15, -0.1) is 0 Å². The first-order valence-corrected chi connectivity index (χ1v) is 11.1. The van der Waals surface area contributed by atoms with Crippen LogP contribution in [0.25, 0.3) is 0 Å². The van der Waals surface area contributed by atoms with Crippen LogP contribution in [0.15, 0.2) is 48.5 Å². The Morgan fingerprint density at radius 3 is 2.22 bits per heavy atom. The fraction of sp³-hybridized carbons (Fsp3) is 0.440. The molecule has 0 aliphatic carbocycles. The maximum Gasteiger partial charge on any atom is 0.413 e. The monoisotopic (exact) mass is 458 g/mol. The molecule has 1 unspecified atom stereocenters. The van der Waals surface area contributed by atoms with Gasteiger partial charge in [0.15, 0.2) is 0 Å². The van der Waals surface area contributed by atoms with Crippen LogP contribution in [0.3, 0.4) is 0 Å². The Balaban J connectivity index is 1.86. The van der Waals surface area contributed by atoms with E-state index in [1.165, 1.54) is 0 Å². The van der Waals surface area contributed by atoms with Crippen LogP contribution < -0.4 is 5.32 Å². The second-order valence-electron chi connectivity index (χ2n) is 9.47. The van der Waals surface area contributed by atoms with Gasteiger partial charge in [-0.05, 0) is 83.0 Å². The predicted molar refractivity (Wildman–Crippen MR) is 126 cm³/mol. The second kappa shape index (κ2) is 8.75. The van der Waals surface area contributed by atoms with E-state index in [9.17, 15) is 9.59 Å². The zero-order valence-electron chi connectivity index (χ0n) is 19.5. The molecule has 1 aliphatic rings. The Morgan fingerprint density at radius 2 is 1.69 bits per heavy atom. The Bertz CT molecular complexity index is 980. The Hall–Kier alpha value is -2.57. The third-order valence-corrected chi connectivity index (χ3v) is 5.83. The van der Waals surface area contributed by atoms with Gasteiger partial charge < -0.3 is 14.8 Å². The number of halogens is 1. The van der Waals surface area contributed by atoms with Crippen molar-refractivity contribution in [1.29, 1.82) is 0 Å². The minimum atomic E-state index is -0.820. The van der Waals surface area contributed by atoms with Gasteiger partial charge in [0.25, 0.3) is 5.91 Å². The highest BCUT2D eigenvalue weighted by atomic mass is 35.5. The van der Waals surface area contributed by atoms with Crippen LogP contribution in [-0.4, -0.2) is 34.8 Å². The van der Waals surface area contributed by atoms with Crippen LogP contribution in [0.2, 0.25) is 5.02 Å². The lowest BCUT2D eigenvalue weighted by atomic mass is 9.86. The maximum atomic E-state index is 13.2. The highest BCUT2D eigenvalue weighted by Crippen LogP contribution is 2.45. The molecule has 0 bridgehead atoms. The van der Waals surface area contributed by atoms with E-state index in [1.807, 2.05) is 65.8 Å². The van der Waals surface area contributed by atoms with E-state index in [0.29, 0.717) is 29.3 Å². The summed E-state index contributed by atoms with van der Waals surface area (Å²) in [6.07, 6.45) is 0.230. The molecule has 6 nitrogen and oxygen atoms in total. The van der Waals surface area contributed by atoms with E-state index in [1.54, 1.807) is 29.2 Å². The molecule has 1 saturated heterocycles. The normalized spacial score (nSPS) is 20.2. The van der Waals surface area contributed by atoms with Crippen molar-refractivity contribution in [1.82, 2.24) is 4.90 Å². The second-order valence-corrected chi connectivity index (χ2v) is 9.91. The molecule has 0 aromatic heterocycles. The number of amides is 2. The molecule has 1 fully saturated rings. The van der Waals surface area contributed by atoms with Crippen LogP contribution >= 0.6 is 11.6 Å². The summed E-state index contributed by atoms with van der Waals surface area (Å²) in [7, 11) is 0. The Labute approximate surface area is 194 Å². The van der Waals surface area contributed by atoms with E-state index in [0.717, 1.165) is 5.56 Å². The molecular formula is C25H31ClN2O4. The van der Waals surface area contributed by atoms with Crippen LogP contribution in [0.5, 0.6) is 0 Å². The lowest BCUT2D eigenvalue weighted by Gasteiger charge is -2.42. The number of rotatable bonds is 4. The lowest BCUT2D eigenvalue weighted by molar-refractivity contribution is -0.0701. The molecule has 1 heterocycles. The fourth-order valence-corrected chi connectivity index (χ4v) is 4.11. The average molecular weight is 459 g/mol. The van der Waals surface area contributed by atoms with Gasteiger partial charge in [-0.1, -0.05) is 30.7 Å². The van der Waals surface area contributed by atoms with Crippen molar-refractivity contribution in [3.63, 3.8) is 0 Å². The van der Waals surface area contributed by atoms with Crippen molar-refractivity contribution in [3.8, 4) is 0 Å². The number of nitrogens with one attached hydrogen (secondary N) is 1. The zero-order valence-corrected chi connectivity index (χ0v) is 20.2. The summed E-state index contributed by atoms with van der Waals surface area (Å²) in [5.74, 6) is -0.222. The van der Waals surface area contributed by atoms with Crippen molar-refractivity contribution in [2.24, 2.45) is 0 Å². The van der Waals surface area contributed by atoms with E-state index in [-0.39, 0.29) is 5.91 Å². The lowest BCUT2D eigenvalue weighted by Crippen LogP contribution is -2.55. The molecule has 0 saturated carbocycles. The van der Waals surface area contributed by atoms with Gasteiger partial charge in [-0.25, -0.2) is 4.79 Å². The SMILES string of the molecule is CCC1(c2ccc(NC(=O)c3ccc(Cl)cc3)cc2)COC(C)(C)N1C(=O)OC(C)(C)C. The van der Waals surface area contributed by atoms with Gasteiger partial charge in [0.1, 0.15) is 11.3 Å². The third kappa shape index (κ3) is 4.92. The van der Waals surface area contributed by atoms with E-state index in [4.69, 9.17) is 21.1 Å². The molecule has 3 rings (SSSR count). The molecule has 32 heavy (non-hydrogen) atoms. The van der Waals surface area contributed by atoms with Gasteiger partial charge in [0, 0.05) is 16.3 Å². The van der Waals surface area contributed by atoms with E-state index in [2.05, 4.69) is 5.32 Å². The number of nitrogens with zero attached hydrogens (tertiary/aromatic N) is 1. The Morgan fingerprint density at radius 1 is 1.09 bits per heavy atom. The van der Waals surface area contributed by atoms with Crippen molar-refractivity contribution >= 4 is 29.3 Å². The summed E-state index contributed by atoms with van der Waals surface area (Å²) in [4.78, 5) is 27.4. The van der Waals surface area contributed by atoms with Crippen molar-refractivity contribution < 1.29 is 19.1 Å². The quantitative estimate of drug-likeness (QED) is 0.592. The molecule has 1 aliphatic heterocycles. The maximum absolute atomic E-state index is 13.2. The number of anilines is 1. The molecule has 2 amide bonds. The van der Waals surface area contributed by atoms with Gasteiger partial charge >= 0.3 is 6.09 Å². The van der Waals surface area contributed by atoms with Gasteiger partial charge in [-0.3, -0.25) is 9.69 Å². The van der Waals surface area contributed by atoms with E-state index < -0.39 is 23.0 Å². The molecule has 2 aromatic carbocycles. The summed E-state index contributed by atoms with van der Waals surface area (Å²) in [5.41, 5.74) is -0.0245. The van der Waals surface area contributed by atoms with Crippen molar-refractivity contribution in [2.75, 3.05) is 11.9 Å². The Kier molecular flexibility index (Phi) is 6.59. The standard InChI is InChI=1S/C25H31ClN2O4/c1-7-25(16-31-24(5,6)28(25)22(30)32-23(2,3)4)18-10-14-20(15-11-18)27-21(29)17-8-12-19(26)13-9-17/h8-15H,7,16H2,1-6H3,(H,27,29). The predicted octanol–water partition coefficient (Wildman–Crippen LogP) is 6.20. The molecule has 1 atom stereocenters. The average Bonchev–Trinajstić information content (AvgIpc) is 2.99. The number of carbonyl (C=O) groups excluding carboxylic acids is 2. The summed E-state index contributed by atoms with van der Waals surface area (Å²) in [5, 5.41) is 3.46. The summed E-state index contributed by atoms with van der Waals surface area (Å²) in [6.45, 7) is 11.7. The summed E-state index contributed by atoms with van der Waals surface area (Å²) in [6, 6.07) is 14.2. The molecule has 2 aromatic rings. The topological polar surface area (TPSA) is 67.9 Å². The fourth-order valence-electron chi connectivity index (χ4n) is 3.99. The molecule has 0 radical (unpaired) electrons. The van der Waals surface area contributed by atoms with Crippen LogP contribution in [-0.2, 0) is 15.0 Å². The minimum absolute atomic E-state index is 0.222. The number of ether oxygens (including phenoxy) is 2. The zero-order chi connectivity index (χ0) is 23.7. The van der Waals surface area contributed by atoms with Gasteiger partial charge in [0.2, 0.25) is 0 Å². The van der Waals surface area contributed by atoms with Crippen LogP contribution in [0.1, 0.15) is 63.9 Å². The molecule has 1 N–H and O–H groups in total. The minimum Gasteiger partial charge on any atom is -0.444 e. The first kappa shape index (κ1) is 24.1. The van der Waals surface area contributed by atoms with Crippen LogP contribution in [0.4, 0.5) is 10.5 Å². The largest absolute Gasteiger partial charge is 0.444 e. The van der Waals surface area contributed by atoms with E-state index >= 15 is 0 Å². The molecule has 172 valence electrons. The number of benzene rings is 2. The van der Waals surface area contributed by atoms with Gasteiger partial charge in [0.05, 0.1) is 12.1 Å². The molecule has 7 heteroatoms. The van der Waals surface area contributed by atoms with Crippen LogP contribution in [0, 0.1) is 0 Å². The summed E-state index contributed by atoms with van der Waals surface area (Å²) < 4.78 is 11.8. The first-order valence-electron chi connectivity index (χ1n) is 10.7. The van der Waals surface area contributed by atoms with Crippen molar-refractivity contribution in [3.05, 3.63) is 64.7 Å².